The van der Waals surface area contributed by atoms with Crippen molar-refractivity contribution < 1.29 is 23.8 Å². The molecular formula is C32H34INO5S. The van der Waals surface area contributed by atoms with Gasteiger partial charge in [0.05, 0.1) is 21.6 Å². The van der Waals surface area contributed by atoms with Crippen LogP contribution in [0.1, 0.15) is 54.5 Å². The standard InChI is InChI=1S/C32H34INO5S/c1-6-37-28-17-23(16-26(33)30(28)39-19-24-10-8-7-9-22(24)5)18-29-31(35)34(32(36)40-29)13-14-38-27-15-21(4)11-12-25(27)20(2)3/h7-12,15-18,20H,6,13-14,19H2,1-5H3/b29-18-. The van der Waals surface area contributed by atoms with Gasteiger partial charge in [-0.3, -0.25) is 14.5 Å². The first-order valence-corrected chi connectivity index (χ1v) is 15.2. The highest BCUT2D eigenvalue weighted by atomic mass is 127. The second kappa shape index (κ2) is 13.6. The molecule has 2 amide bonds. The highest BCUT2D eigenvalue weighted by Crippen LogP contribution is 2.38. The number of ether oxygens (including phenoxy) is 3. The maximum Gasteiger partial charge on any atom is 0.293 e. The topological polar surface area (TPSA) is 65.1 Å². The molecule has 1 heterocycles. The normalized spacial score (nSPS) is 14.4. The summed E-state index contributed by atoms with van der Waals surface area (Å²) in [6.45, 7) is 11.5. The average molecular weight is 672 g/mol. The molecule has 1 saturated heterocycles. The van der Waals surface area contributed by atoms with E-state index in [1.807, 2.05) is 50.2 Å². The minimum absolute atomic E-state index is 0.181. The molecule has 0 atom stereocenters. The summed E-state index contributed by atoms with van der Waals surface area (Å²) in [5.41, 5.74) is 5.23. The Morgan fingerprint density at radius 1 is 0.975 bits per heavy atom. The number of imide groups is 1. The third kappa shape index (κ3) is 7.20. The van der Waals surface area contributed by atoms with Gasteiger partial charge in [-0.1, -0.05) is 50.2 Å². The molecule has 1 aliphatic rings. The van der Waals surface area contributed by atoms with E-state index in [0.717, 1.165) is 48.9 Å². The molecule has 6 nitrogen and oxygen atoms in total. The summed E-state index contributed by atoms with van der Waals surface area (Å²) in [7, 11) is 0. The number of benzene rings is 3. The Kier molecular flexibility index (Phi) is 10.2. The van der Waals surface area contributed by atoms with Crippen molar-refractivity contribution in [3.8, 4) is 17.2 Å². The second-order valence-electron chi connectivity index (χ2n) is 9.86. The smallest absolute Gasteiger partial charge is 0.293 e. The minimum atomic E-state index is -0.320. The van der Waals surface area contributed by atoms with Crippen molar-refractivity contribution in [1.29, 1.82) is 0 Å². The van der Waals surface area contributed by atoms with E-state index in [1.165, 1.54) is 4.90 Å². The Hall–Kier alpha value is -2.98. The van der Waals surface area contributed by atoms with E-state index in [1.54, 1.807) is 6.08 Å². The van der Waals surface area contributed by atoms with Crippen LogP contribution in [0, 0.1) is 17.4 Å². The lowest BCUT2D eigenvalue weighted by molar-refractivity contribution is -0.123. The van der Waals surface area contributed by atoms with E-state index in [4.69, 9.17) is 14.2 Å². The number of carbonyl (C=O) groups is 2. The fourth-order valence-corrected chi connectivity index (χ4v) is 5.98. The van der Waals surface area contributed by atoms with E-state index < -0.39 is 0 Å². The van der Waals surface area contributed by atoms with Gasteiger partial charge in [0.2, 0.25) is 0 Å². The zero-order valence-electron chi connectivity index (χ0n) is 23.5. The van der Waals surface area contributed by atoms with Gasteiger partial charge in [0.1, 0.15) is 19.0 Å². The van der Waals surface area contributed by atoms with Gasteiger partial charge in [0.15, 0.2) is 11.5 Å². The monoisotopic (exact) mass is 671 g/mol. The lowest BCUT2D eigenvalue weighted by Crippen LogP contribution is -2.32. The van der Waals surface area contributed by atoms with Gasteiger partial charge in [-0.05, 0) is 113 Å². The Morgan fingerprint density at radius 2 is 1.75 bits per heavy atom. The van der Waals surface area contributed by atoms with Crippen LogP contribution in [0.5, 0.6) is 17.2 Å². The number of carbonyl (C=O) groups excluding carboxylic acids is 2. The predicted octanol–water partition coefficient (Wildman–Crippen LogP) is 8.12. The number of rotatable bonds is 11. The third-order valence-corrected chi connectivity index (χ3v) is 8.21. The molecule has 210 valence electrons. The van der Waals surface area contributed by atoms with Gasteiger partial charge in [-0.25, -0.2) is 0 Å². The Bertz CT molecular complexity index is 1430. The van der Waals surface area contributed by atoms with Crippen LogP contribution in [0.4, 0.5) is 4.79 Å². The van der Waals surface area contributed by atoms with Gasteiger partial charge in [0.25, 0.3) is 11.1 Å². The maximum atomic E-state index is 13.1. The molecule has 4 rings (SSSR count). The molecule has 0 unspecified atom stereocenters. The van der Waals surface area contributed by atoms with E-state index in [-0.39, 0.29) is 24.3 Å². The van der Waals surface area contributed by atoms with E-state index in [0.29, 0.717) is 35.5 Å². The van der Waals surface area contributed by atoms with Crippen molar-refractivity contribution in [2.45, 2.75) is 47.1 Å². The molecule has 0 N–H and O–H groups in total. The molecule has 0 saturated carbocycles. The zero-order valence-corrected chi connectivity index (χ0v) is 26.4. The number of nitrogens with zero attached hydrogens (tertiary/aromatic N) is 1. The summed E-state index contributed by atoms with van der Waals surface area (Å²) in [6, 6.07) is 18.0. The molecule has 1 aliphatic heterocycles. The Labute approximate surface area is 254 Å². The first kappa shape index (κ1) is 30.0. The number of amides is 2. The number of hydrogen-bond acceptors (Lipinski definition) is 6. The van der Waals surface area contributed by atoms with Crippen LogP contribution in [0.3, 0.4) is 0 Å². The second-order valence-corrected chi connectivity index (χ2v) is 12.0. The van der Waals surface area contributed by atoms with Crippen LogP contribution in [0.15, 0.2) is 59.5 Å². The highest BCUT2D eigenvalue weighted by molar-refractivity contribution is 14.1. The molecule has 0 aromatic heterocycles. The van der Waals surface area contributed by atoms with Crippen molar-refractivity contribution in [3.63, 3.8) is 0 Å². The predicted molar refractivity (Wildman–Crippen MR) is 169 cm³/mol. The molecule has 8 heteroatoms. The minimum Gasteiger partial charge on any atom is -0.491 e. The summed E-state index contributed by atoms with van der Waals surface area (Å²) in [5, 5.41) is -0.300. The Balaban J connectivity index is 1.47. The van der Waals surface area contributed by atoms with Crippen molar-refractivity contribution in [3.05, 3.63) is 90.9 Å². The molecule has 0 radical (unpaired) electrons. The SMILES string of the molecule is CCOc1cc(/C=C2\SC(=O)N(CCOc3cc(C)ccc3C(C)C)C2=O)cc(I)c1OCc1ccccc1C. The molecular weight excluding hydrogens is 637 g/mol. The van der Waals surface area contributed by atoms with Crippen LogP contribution >= 0.6 is 34.4 Å². The van der Waals surface area contributed by atoms with Crippen LogP contribution in [0.2, 0.25) is 0 Å². The molecule has 1 fully saturated rings. The molecule has 3 aromatic carbocycles. The first-order chi connectivity index (χ1) is 19.2. The summed E-state index contributed by atoms with van der Waals surface area (Å²) >= 11 is 3.16. The molecule has 0 spiro atoms. The first-order valence-electron chi connectivity index (χ1n) is 13.3. The number of thioether (sulfide) groups is 1. The van der Waals surface area contributed by atoms with Gasteiger partial charge < -0.3 is 14.2 Å². The summed E-state index contributed by atoms with van der Waals surface area (Å²) in [4.78, 5) is 27.5. The van der Waals surface area contributed by atoms with E-state index in [2.05, 4.69) is 61.6 Å². The number of hydrogen-bond donors (Lipinski definition) is 0. The van der Waals surface area contributed by atoms with Gasteiger partial charge in [-0.2, -0.15) is 0 Å². The lowest BCUT2D eigenvalue weighted by atomic mass is 10.0. The van der Waals surface area contributed by atoms with Crippen molar-refractivity contribution in [1.82, 2.24) is 4.90 Å². The summed E-state index contributed by atoms with van der Waals surface area (Å²) in [5.74, 6) is 2.03. The van der Waals surface area contributed by atoms with Crippen LogP contribution in [-0.4, -0.2) is 35.8 Å². The van der Waals surface area contributed by atoms with E-state index >= 15 is 0 Å². The highest BCUT2D eigenvalue weighted by Gasteiger charge is 2.35. The fraction of sp³-hybridized carbons (Fsp3) is 0.312. The molecule has 0 bridgehead atoms. The van der Waals surface area contributed by atoms with Crippen LogP contribution < -0.4 is 14.2 Å². The number of aryl methyl sites for hydroxylation is 2. The van der Waals surface area contributed by atoms with Gasteiger partial charge in [0, 0.05) is 0 Å². The average Bonchev–Trinajstić information content (AvgIpc) is 3.16. The number of halogens is 1. The zero-order chi connectivity index (χ0) is 28.8. The van der Waals surface area contributed by atoms with Crippen LogP contribution in [0.25, 0.3) is 6.08 Å². The maximum absolute atomic E-state index is 13.1. The van der Waals surface area contributed by atoms with Crippen molar-refractivity contribution in [2.75, 3.05) is 19.8 Å². The summed E-state index contributed by atoms with van der Waals surface area (Å²) in [6.07, 6.45) is 1.74. The Morgan fingerprint density at radius 3 is 2.48 bits per heavy atom. The molecule has 3 aromatic rings. The third-order valence-electron chi connectivity index (χ3n) is 6.50. The van der Waals surface area contributed by atoms with E-state index in [9.17, 15) is 9.59 Å². The lowest BCUT2D eigenvalue weighted by Gasteiger charge is -2.17. The largest absolute Gasteiger partial charge is 0.491 e. The van der Waals surface area contributed by atoms with Gasteiger partial charge >= 0.3 is 0 Å². The van der Waals surface area contributed by atoms with Crippen molar-refractivity contribution in [2.24, 2.45) is 0 Å². The molecule has 40 heavy (non-hydrogen) atoms. The van der Waals surface area contributed by atoms with Gasteiger partial charge in [-0.15, -0.1) is 0 Å². The van der Waals surface area contributed by atoms with Crippen LogP contribution in [-0.2, 0) is 11.4 Å². The quantitative estimate of drug-likeness (QED) is 0.152. The van der Waals surface area contributed by atoms with Crippen molar-refractivity contribution >= 4 is 51.6 Å². The fourth-order valence-electron chi connectivity index (χ4n) is 4.33. The molecule has 0 aliphatic carbocycles. The summed E-state index contributed by atoms with van der Waals surface area (Å²) < 4.78 is 18.9.